The highest BCUT2D eigenvalue weighted by atomic mass is 19.1. The van der Waals surface area contributed by atoms with E-state index in [1.54, 1.807) is 12.1 Å². The molecule has 4 heteroatoms. The SMILES string of the molecule is Fc1[c]cc2c(/C=C/c3cccc(F)c3)nn(C(c3ccccc3)(c3ccccc3)c3ccccc3)c2c1. The summed E-state index contributed by atoms with van der Waals surface area (Å²) in [4.78, 5) is 0. The van der Waals surface area contributed by atoms with E-state index < -0.39 is 11.4 Å². The Morgan fingerprint density at radius 1 is 0.658 bits per heavy atom. The number of halogens is 2. The van der Waals surface area contributed by atoms with Crippen LogP contribution in [0, 0.1) is 17.7 Å². The lowest BCUT2D eigenvalue weighted by atomic mass is 9.77. The first-order valence-electron chi connectivity index (χ1n) is 12.4. The van der Waals surface area contributed by atoms with Crippen LogP contribution in [0.3, 0.4) is 0 Å². The molecule has 0 amide bonds. The van der Waals surface area contributed by atoms with Crippen LogP contribution in [-0.4, -0.2) is 9.78 Å². The van der Waals surface area contributed by atoms with Crippen molar-refractivity contribution < 1.29 is 8.78 Å². The van der Waals surface area contributed by atoms with Crippen molar-refractivity contribution in [1.29, 1.82) is 0 Å². The fraction of sp³-hybridized carbons (Fsp3) is 0.0294. The second-order valence-electron chi connectivity index (χ2n) is 9.07. The summed E-state index contributed by atoms with van der Waals surface area (Å²) in [5.41, 5.74) is 4.01. The van der Waals surface area contributed by atoms with Crippen molar-refractivity contribution in [1.82, 2.24) is 9.78 Å². The molecule has 0 saturated carbocycles. The molecule has 1 radical (unpaired) electrons. The molecule has 2 nitrogen and oxygen atoms in total. The predicted octanol–water partition coefficient (Wildman–Crippen LogP) is 8.13. The average molecular weight is 498 g/mol. The van der Waals surface area contributed by atoms with Crippen LogP contribution in [0.5, 0.6) is 0 Å². The van der Waals surface area contributed by atoms with E-state index in [0.717, 1.165) is 22.1 Å². The zero-order chi connectivity index (χ0) is 26.0. The van der Waals surface area contributed by atoms with Gasteiger partial charge in [-0.15, -0.1) is 0 Å². The largest absolute Gasteiger partial charge is 0.245 e. The summed E-state index contributed by atoms with van der Waals surface area (Å²) in [5, 5.41) is 5.86. The van der Waals surface area contributed by atoms with Gasteiger partial charge in [-0.3, -0.25) is 0 Å². The van der Waals surface area contributed by atoms with E-state index in [0.29, 0.717) is 16.8 Å². The second-order valence-corrected chi connectivity index (χ2v) is 9.07. The molecular formula is C34H23F2N2. The molecule has 0 saturated heterocycles. The van der Waals surface area contributed by atoms with E-state index in [9.17, 15) is 8.78 Å². The first-order valence-corrected chi connectivity index (χ1v) is 12.4. The Morgan fingerprint density at radius 3 is 1.79 bits per heavy atom. The van der Waals surface area contributed by atoms with Crippen molar-refractivity contribution in [2.24, 2.45) is 0 Å². The summed E-state index contributed by atoms with van der Waals surface area (Å²) < 4.78 is 30.5. The number of fused-ring (bicyclic) bond motifs is 1. The van der Waals surface area contributed by atoms with Crippen LogP contribution in [0.4, 0.5) is 8.78 Å². The first kappa shape index (κ1) is 23.6. The van der Waals surface area contributed by atoms with Crippen molar-refractivity contribution in [2.45, 2.75) is 5.54 Å². The number of hydrogen-bond donors (Lipinski definition) is 0. The molecular weight excluding hydrogens is 474 g/mol. The van der Waals surface area contributed by atoms with Gasteiger partial charge in [0.1, 0.15) is 17.2 Å². The molecule has 0 aliphatic rings. The lowest BCUT2D eigenvalue weighted by Crippen LogP contribution is -2.38. The van der Waals surface area contributed by atoms with Gasteiger partial charge in [0, 0.05) is 17.5 Å². The highest BCUT2D eigenvalue weighted by molar-refractivity contribution is 5.90. The number of aromatic nitrogens is 2. The maximum atomic E-state index is 14.8. The van der Waals surface area contributed by atoms with Crippen LogP contribution in [-0.2, 0) is 5.54 Å². The van der Waals surface area contributed by atoms with Gasteiger partial charge < -0.3 is 0 Å². The molecule has 0 spiro atoms. The third-order valence-electron chi connectivity index (χ3n) is 6.78. The standard InChI is InChI=1S/C34H23F2N2/c35-29-18-10-11-25(23-29)19-22-32-31-21-20-30(36)24-33(31)38(37-32)34(26-12-4-1-5-13-26,27-14-6-2-7-15-27)28-16-8-3-9-17-28/h1-19,21-24H/b22-19+. The molecule has 5 aromatic carbocycles. The van der Waals surface area contributed by atoms with Gasteiger partial charge >= 0.3 is 0 Å². The molecule has 1 heterocycles. The van der Waals surface area contributed by atoms with Crippen molar-refractivity contribution in [3.63, 3.8) is 0 Å². The van der Waals surface area contributed by atoms with Crippen LogP contribution >= 0.6 is 0 Å². The minimum absolute atomic E-state index is 0.311. The highest BCUT2D eigenvalue weighted by Gasteiger charge is 2.40. The van der Waals surface area contributed by atoms with E-state index in [1.165, 1.54) is 18.2 Å². The summed E-state index contributed by atoms with van der Waals surface area (Å²) in [6.45, 7) is 0. The van der Waals surface area contributed by atoms with Crippen LogP contribution < -0.4 is 0 Å². The van der Waals surface area contributed by atoms with Gasteiger partial charge in [-0.2, -0.15) is 5.10 Å². The Morgan fingerprint density at radius 2 is 1.24 bits per heavy atom. The van der Waals surface area contributed by atoms with E-state index in [2.05, 4.69) is 42.5 Å². The Labute approximate surface area is 220 Å². The zero-order valence-electron chi connectivity index (χ0n) is 20.4. The van der Waals surface area contributed by atoms with Crippen molar-refractivity contribution in [3.8, 4) is 0 Å². The van der Waals surface area contributed by atoms with Gasteiger partial charge in [0.25, 0.3) is 0 Å². The first-order chi connectivity index (χ1) is 18.7. The molecule has 0 fully saturated rings. The molecule has 183 valence electrons. The van der Waals surface area contributed by atoms with E-state index >= 15 is 0 Å². The number of nitrogens with zero attached hydrogens (tertiary/aromatic N) is 2. The molecule has 0 atom stereocenters. The third kappa shape index (κ3) is 4.10. The Hall–Kier alpha value is -4.83. The van der Waals surface area contributed by atoms with E-state index in [4.69, 9.17) is 5.10 Å². The molecule has 0 aliphatic heterocycles. The van der Waals surface area contributed by atoms with Crippen LogP contribution in [0.2, 0.25) is 0 Å². The molecule has 0 bridgehead atoms. The van der Waals surface area contributed by atoms with Crippen LogP contribution in [0.1, 0.15) is 27.9 Å². The van der Waals surface area contributed by atoms with Gasteiger partial charge in [0.15, 0.2) is 0 Å². The van der Waals surface area contributed by atoms with Gasteiger partial charge in [0.05, 0.1) is 11.2 Å². The number of rotatable bonds is 6. The second kappa shape index (κ2) is 9.91. The summed E-state index contributed by atoms with van der Waals surface area (Å²) in [6, 6.07) is 42.5. The minimum atomic E-state index is -0.902. The van der Waals surface area contributed by atoms with Crippen LogP contribution in [0.25, 0.3) is 23.1 Å². The van der Waals surface area contributed by atoms with Crippen LogP contribution in [0.15, 0.2) is 127 Å². The number of benzene rings is 5. The molecule has 38 heavy (non-hydrogen) atoms. The third-order valence-corrected chi connectivity index (χ3v) is 6.78. The molecule has 0 aliphatic carbocycles. The highest BCUT2D eigenvalue weighted by Crippen LogP contribution is 2.43. The number of hydrogen-bond acceptors (Lipinski definition) is 1. The minimum Gasteiger partial charge on any atom is -0.245 e. The lowest BCUT2D eigenvalue weighted by Gasteiger charge is -2.37. The van der Waals surface area contributed by atoms with Gasteiger partial charge in [0.2, 0.25) is 0 Å². The maximum absolute atomic E-state index is 14.8. The molecule has 0 N–H and O–H groups in total. The summed E-state index contributed by atoms with van der Waals surface area (Å²) in [5.74, 6) is -0.781. The average Bonchev–Trinajstić information content (AvgIpc) is 3.32. The Balaban J connectivity index is 1.70. The fourth-order valence-corrected chi connectivity index (χ4v) is 5.12. The predicted molar refractivity (Wildman–Crippen MR) is 148 cm³/mol. The van der Waals surface area contributed by atoms with E-state index in [-0.39, 0.29) is 5.82 Å². The quantitative estimate of drug-likeness (QED) is 0.213. The molecule has 1 aromatic heterocycles. The van der Waals surface area contributed by atoms with Crippen molar-refractivity contribution in [3.05, 3.63) is 173 Å². The smallest absolute Gasteiger partial charge is 0.138 e. The summed E-state index contributed by atoms with van der Waals surface area (Å²) in [7, 11) is 0. The molecule has 6 rings (SSSR count). The topological polar surface area (TPSA) is 17.8 Å². The zero-order valence-corrected chi connectivity index (χ0v) is 20.4. The molecule has 6 aromatic rings. The fourth-order valence-electron chi connectivity index (χ4n) is 5.12. The normalized spacial score (nSPS) is 11.8. The Kier molecular flexibility index (Phi) is 6.14. The van der Waals surface area contributed by atoms with Gasteiger partial charge in [-0.1, -0.05) is 109 Å². The van der Waals surface area contributed by atoms with E-state index in [1.807, 2.05) is 77.5 Å². The lowest BCUT2D eigenvalue weighted by molar-refractivity contribution is 0.474. The van der Waals surface area contributed by atoms with Crippen molar-refractivity contribution >= 4 is 23.1 Å². The summed E-state index contributed by atoms with van der Waals surface area (Å²) >= 11 is 0. The molecule has 0 unspecified atom stereocenters. The van der Waals surface area contributed by atoms with Crippen molar-refractivity contribution in [2.75, 3.05) is 0 Å². The maximum Gasteiger partial charge on any atom is 0.138 e. The van der Waals surface area contributed by atoms with Gasteiger partial charge in [-0.25, -0.2) is 13.5 Å². The van der Waals surface area contributed by atoms with Gasteiger partial charge in [-0.05, 0) is 46.5 Å². The monoisotopic (exact) mass is 497 g/mol. The Bertz CT molecular complexity index is 1630. The summed E-state index contributed by atoms with van der Waals surface area (Å²) in [6.07, 6.45) is 3.65.